The van der Waals surface area contributed by atoms with Crippen LogP contribution in [0.15, 0.2) is 30.6 Å². The van der Waals surface area contributed by atoms with Crippen LogP contribution in [0.1, 0.15) is 27.7 Å². The highest BCUT2D eigenvalue weighted by Gasteiger charge is 1.86. The van der Waals surface area contributed by atoms with Crippen LogP contribution in [-0.4, -0.2) is 14.8 Å². The standard InChI is InChI=1S/C6H5N3.2C2H6/c1-2-6-3-5-8-9(6)7-4-1;2*1-2/h1-5H;2*1-2H3. The number of nitrogens with zero attached hydrogens (tertiary/aromatic N) is 3. The van der Waals surface area contributed by atoms with Crippen LogP contribution in [0.25, 0.3) is 5.52 Å². The van der Waals surface area contributed by atoms with Crippen molar-refractivity contribution in [1.29, 1.82) is 0 Å². The second-order valence-corrected chi connectivity index (χ2v) is 1.77. The first kappa shape index (κ1) is 11.6. The molecule has 0 aliphatic heterocycles. The Bertz CT molecular complexity index is 284. The van der Waals surface area contributed by atoms with Crippen molar-refractivity contribution in [2.45, 2.75) is 27.7 Å². The molecule has 0 aliphatic rings. The Morgan fingerprint density at radius 3 is 2.15 bits per heavy atom. The summed E-state index contributed by atoms with van der Waals surface area (Å²) in [6, 6.07) is 5.75. The Balaban J connectivity index is 0.000000322. The molecule has 2 aromatic rings. The van der Waals surface area contributed by atoms with E-state index in [1.165, 1.54) is 0 Å². The lowest BCUT2D eigenvalue weighted by molar-refractivity contribution is 0.800. The van der Waals surface area contributed by atoms with Gasteiger partial charge in [-0.15, -0.1) is 0 Å². The van der Waals surface area contributed by atoms with Crippen LogP contribution in [-0.2, 0) is 0 Å². The number of hydrogen-bond acceptors (Lipinski definition) is 2. The molecule has 0 fully saturated rings. The minimum Gasteiger partial charge on any atom is -0.159 e. The lowest BCUT2D eigenvalue weighted by Crippen LogP contribution is -1.89. The molecule has 3 nitrogen and oxygen atoms in total. The minimum atomic E-state index is 1.03. The number of hydrogen-bond donors (Lipinski definition) is 0. The van der Waals surface area contributed by atoms with E-state index >= 15 is 0 Å². The van der Waals surface area contributed by atoms with Gasteiger partial charge in [0.15, 0.2) is 0 Å². The van der Waals surface area contributed by atoms with Crippen molar-refractivity contribution in [2.75, 3.05) is 0 Å². The molecule has 0 aromatic carbocycles. The molecule has 0 amide bonds. The van der Waals surface area contributed by atoms with Gasteiger partial charge in [0.05, 0.1) is 11.7 Å². The molecule has 0 spiro atoms. The van der Waals surface area contributed by atoms with Gasteiger partial charge in [-0.25, -0.2) is 0 Å². The lowest BCUT2D eigenvalue weighted by Gasteiger charge is -1.85. The van der Waals surface area contributed by atoms with Gasteiger partial charge in [0.2, 0.25) is 0 Å². The minimum absolute atomic E-state index is 1.03. The summed E-state index contributed by atoms with van der Waals surface area (Å²) in [4.78, 5) is 0. The van der Waals surface area contributed by atoms with Gasteiger partial charge >= 0.3 is 0 Å². The van der Waals surface area contributed by atoms with Crippen molar-refractivity contribution < 1.29 is 0 Å². The number of fused-ring (bicyclic) bond motifs is 1. The molecule has 2 rings (SSSR count). The average Bonchev–Trinajstić information content (AvgIpc) is 2.71. The third-order valence-electron chi connectivity index (χ3n) is 1.18. The van der Waals surface area contributed by atoms with Crippen molar-refractivity contribution in [2.24, 2.45) is 0 Å². The molecule has 0 bridgehead atoms. The maximum atomic E-state index is 3.95. The van der Waals surface area contributed by atoms with Gasteiger partial charge in [0, 0.05) is 6.20 Å². The molecule has 13 heavy (non-hydrogen) atoms. The van der Waals surface area contributed by atoms with E-state index < -0.39 is 0 Å². The van der Waals surface area contributed by atoms with Crippen molar-refractivity contribution in [3.05, 3.63) is 30.6 Å². The van der Waals surface area contributed by atoms with Gasteiger partial charge in [0.25, 0.3) is 0 Å². The van der Waals surface area contributed by atoms with Crippen molar-refractivity contribution in [3.8, 4) is 0 Å². The van der Waals surface area contributed by atoms with Crippen molar-refractivity contribution >= 4 is 5.52 Å². The van der Waals surface area contributed by atoms with Gasteiger partial charge < -0.3 is 0 Å². The summed E-state index contributed by atoms with van der Waals surface area (Å²) in [5.74, 6) is 0. The number of aromatic nitrogens is 3. The van der Waals surface area contributed by atoms with E-state index in [0.717, 1.165) is 5.52 Å². The van der Waals surface area contributed by atoms with Gasteiger partial charge in [0.1, 0.15) is 0 Å². The van der Waals surface area contributed by atoms with E-state index in [9.17, 15) is 0 Å². The maximum Gasteiger partial charge on any atom is 0.0873 e. The largest absolute Gasteiger partial charge is 0.159 e. The third-order valence-corrected chi connectivity index (χ3v) is 1.18. The first-order chi connectivity index (χ1) is 6.47. The summed E-state index contributed by atoms with van der Waals surface area (Å²) in [6.45, 7) is 8.00. The third kappa shape index (κ3) is 3.23. The molecule has 0 atom stereocenters. The zero-order chi connectivity index (χ0) is 10.1. The van der Waals surface area contributed by atoms with Crippen LogP contribution in [0.4, 0.5) is 0 Å². The van der Waals surface area contributed by atoms with Crippen LogP contribution in [0.3, 0.4) is 0 Å². The summed E-state index contributed by atoms with van der Waals surface area (Å²) in [6.07, 6.45) is 3.43. The molecule has 0 N–H and O–H groups in total. The first-order valence-electron chi connectivity index (χ1n) is 4.72. The van der Waals surface area contributed by atoms with Crippen LogP contribution in [0.2, 0.25) is 0 Å². The van der Waals surface area contributed by atoms with Gasteiger partial charge in [-0.3, -0.25) is 0 Å². The second kappa shape index (κ2) is 7.28. The SMILES string of the molecule is CC.CC.c1cnn2nccc2c1. The Kier molecular flexibility index (Phi) is 6.51. The van der Waals surface area contributed by atoms with Crippen molar-refractivity contribution in [1.82, 2.24) is 14.8 Å². The smallest absolute Gasteiger partial charge is 0.0873 e. The van der Waals surface area contributed by atoms with E-state index in [-0.39, 0.29) is 0 Å². The van der Waals surface area contributed by atoms with Crippen LogP contribution >= 0.6 is 0 Å². The molecule has 0 unspecified atom stereocenters. The molecule has 3 heteroatoms. The number of rotatable bonds is 0. The van der Waals surface area contributed by atoms with E-state index in [2.05, 4.69) is 10.2 Å². The van der Waals surface area contributed by atoms with Gasteiger partial charge in [-0.1, -0.05) is 27.7 Å². The van der Waals surface area contributed by atoms with E-state index in [0.29, 0.717) is 0 Å². The quantitative estimate of drug-likeness (QED) is 0.622. The molecule has 0 aliphatic carbocycles. The van der Waals surface area contributed by atoms with Crippen molar-refractivity contribution in [3.63, 3.8) is 0 Å². The fourth-order valence-electron chi connectivity index (χ4n) is 0.768. The Labute approximate surface area is 79.4 Å². The molecule has 0 saturated heterocycles. The second-order valence-electron chi connectivity index (χ2n) is 1.77. The maximum absolute atomic E-state index is 3.95. The van der Waals surface area contributed by atoms with Crippen LogP contribution < -0.4 is 0 Å². The van der Waals surface area contributed by atoms with Gasteiger partial charge in [-0.05, 0) is 18.2 Å². The predicted octanol–water partition coefficient (Wildman–Crippen LogP) is 2.78. The normalized spacial score (nSPS) is 8.00. The summed E-state index contributed by atoms with van der Waals surface area (Å²) in [5.41, 5.74) is 1.03. The topological polar surface area (TPSA) is 30.2 Å². The molecule has 2 aromatic heterocycles. The predicted molar refractivity (Wildman–Crippen MR) is 55.7 cm³/mol. The highest BCUT2D eigenvalue weighted by molar-refractivity contribution is 5.42. The van der Waals surface area contributed by atoms with E-state index in [1.54, 1.807) is 17.0 Å². The molecule has 72 valence electrons. The Morgan fingerprint density at radius 2 is 1.54 bits per heavy atom. The summed E-state index contributed by atoms with van der Waals surface area (Å²) in [7, 11) is 0. The lowest BCUT2D eigenvalue weighted by atomic mass is 10.5. The molecular formula is C10H17N3. The highest BCUT2D eigenvalue weighted by atomic mass is 15.4. The average molecular weight is 179 g/mol. The Hall–Kier alpha value is -1.38. The van der Waals surface area contributed by atoms with E-state index in [1.807, 2.05) is 45.9 Å². The molecule has 2 heterocycles. The van der Waals surface area contributed by atoms with Crippen LogP contribution in [0.5, 0.6) is 0 Å². The molecule has 0 saturated carbocycles. The zero-order valence-electron chi connectivity index (χ0n) is 8.73. The Morgan fingerprint density at radius 1 is 0.923 bits per heavy atom. The summed E-state index contributed by atoms with van der Waals surface area (Å²) in [5, 5.41) is 7.87. The van der Waals surface area contributed by atoms with E-state index in [4.69, 9.17) is 0 Å². The van der Waals surface area contributed by atoms with Crippen LogP contribution in [0, 0.1) is 0 Å². The first-order valence-corrected chi connectivity index (χ1v) is 4.72. The fraction of sp³-hybridized carbons (Fsp3) is 0.400. The molecular weight excluding hydrogens is 162 g/mol. The highest BCUT2D eigenvalue weighted by Crippen LogP contribution is 1.95. The zero-order valence-corrected chi connectivity index (χ0v) is 8.73. The summed E-state index contributed by atoms with van der Waals surface area (Å²) < 4.78 is 1.58. The summed E-state index contributed by atoms with van der Waals surface area (Å²) >= 11 is 0. The van der Waals surface area contributed by atoms with Gasteiger partial charge in [-0.2, -0.15) is 14.8 Å². The molecule has 0 radical (unpaired) electrons. The fourth-order valence-corrected chi connectivity index (χ4v) is 0.768. The monoisotopic (exact) mass is 179 g/mol.